The Labute approximate surface area is 112 Å². The summed E-state index contributed by atoms with van der Waals surface area (Å²) in [7, 11) is -3.21. The van der Waals surface area contributed by atoms with Crippen LogP contribution in [0.3, 0.4) is 0 Å². The molecule has 0 aliphatic carbocycles. The SMILES string of the molecule is Cc1cccc(C(=O)NCCCNS(C)(=O)=O)c1F. The minimum absolute atomic E-state index is 0.00364. The molecule has 0 aliphatic rings. The Morgan fingerprint density at radius 2 is 2.00 bits per heavy atom. The third-order valence-electron chi connectivity index (χ3n) is 2.44. The summed E-state index contributed by atoms with van der Waals surface area (Å²) in [4.78, 5) is 11.7. The maximum Gasteiger partial charge on any atom is 0.254 e. The number of hydrogen-bond donors (Lipinski definition) is 2. The summed E-state index contributed by atoms with van der Waals surface area (Å²) in [5.74, 6) is -1.03. The van der Waals surface area contributed by atoms with Crippen molar-refractivity contribution in [3.8, 4) is 0 Å². The zero-order chi connectivity index (χ0) is 14.5. The summed E-state index contributed by atoms with van der Waals surface area (Å²) in [5, 5.41) is 2.54. The molecule has 1 aromatic carbocycles. The summed E-state index contributed by atoms with van der Waals surface area (Å²) >= 11 is 0. The van der Waals surface area contributed by atoms with Crippen LogP contribution in [0, 0.1) is 12.7 Å². The van der Waals surface area contributed by atoms with Crippen molar-refractivity contribution >= 4 is 15.9 Å². The van der Waals surface area contributed by atoms with E-state index in [-0.39, 0.29) is 18.7 Å². The Kier molecular flexibility index (Phi) is 5.44. The van der Waals surface area contributed by atoms with Crippen molar-refractivity contribution < 1.29 is 17.6 Å². The highest BCUT2D eigenvalue weighted by atomic mass is 32.2. The van der Waals surface area contributed by atoms with Crippen LogP contribution in [0.5, 0.6) is 0 Å². The minimum atomic E-state index is -3.21. The molecule has 0 fully saturated rings. The highest BCUT2D eigenvalue weighted by Gasteiger charge is 2.12. The summed E-state index contributed by atoms with van der Waals surface area (Å²) in [5.41, 5.74) is 0.405. The van der Waals surface area contributed by atoms with Crippen molar-refractivity contribution in [2.24, 2.45) is 0 Å². The van der Waals surface area contributed by atoms with Crippen molar-refractivity contribution in [3.63, 3.8) is 0 Å². The Balaban J connectivity index is 2.42. The maximum absolute atomic E-state index is 13.6. The fourth-order valence-electron chi connectivity index (χ4n) is 1.47. The van der Waals surface area contributed by atoms with Gasteiger partial charge in [-0.05, 0) is 25.0 Å². The summed E-state index contributed by atoms with van der Waals surface area (Å²) < 4.78 is 37.5. The van der Waals surface area contributed by atoms with E-state index in [1.54, 1.807) is 19.1 Å². The number of carbonyl (C=O) groups is 1. The van der Waals surface area contributed by atoms with Gasteiger partial charge in [-0.1, -0.05) is 12.1 Å². The van der Waals surface area contributed by atoms with E-state index in [4.69, 9.17) is 0 Å². The average molecular weight is 288 g/mol. The zero-order valence-electron chi connectivity index (χ0n) is 10.9. The van der Waals surface area contributed by atoms with Crippen LogP contribution in [-0.2, 0) is 10.0 Å². The number of sulfonamides is 1. The molecule has 0 saturated carbocycles. The normalized spacial score (nSPS) is 11.3. The molecule has 1 rings (SSSR count). The van der Waals surface area contributed by atoms with E-state index in [9.17, 15) is 17.6 Å². The molecular formula is C12H17FN2O3S. The Hall–Kier alpha value is -1.47. The molecule has 0 atom stereocenters. The monoisotopic (exact) mass is 288 g/mol. The molecule has 19 heavy (non-hydrogen) atoms. The number of halogens is 1. The molecule has 1 aromatic rings. The van der Waals surface area contributed by atoms with Crippen molar-refractivity contribution in [2.75, 3.05) is 19.3 Å². The molecule has 0 unspecified atom stereocenters. The van der Waals surface area contributed by atoms with Crippen molar-refractivity contribution in [2.45, 2.75) is 13.3 Å². The summed E-state index contributed by atoms with van der Waals surface area (Å²) in [6.45, 7) is 2.09. The summed E-state index contributed by atoms with van der Waals surface area (Å²) in [6, 6.07) is 4.60. The van der Waals surface area contributed by atoms with Crippen LogP contribution < -0.4 is 10.0 Å². The van der Waals surface area contributed by atoms with Gasteiger partial charge in [-0.2, -0.15) is 0 Å². The van der Waals surface area contributed by atoms with E-state index in [0.29, 0.717) is 12.0 Å². The lowest BCUT2D eigenvalue weighted by Crippen LogP contribution is -2.29. The lowest BCUT2D eigenvalue weighted by molar-refractivity contribution is 0.0949. The van der Waals surface area contributed by atoms with Gasteiger partial charge in [0.05, 0.1) is 11.8 Å². The lowest BCUT2D eigenvalue weighted by Gasteiger charge is -2.07. The van der Waals surface area contributed by atoms with Crippen molar-refractivity contribution in [1.82, 2.24) is 10.0 Å². The van der Waals surface area contributed by atoms with Crippen LogP contribution in [0.4, 0.5) is 4.39 Å². The molecule has 0 bridgehead atoms. The molecule has 0 saturated heterocycles. The number of amides is 1. The molecule has 0 spiro atoms. The number of rotatable bonds is 6. The molecule has 0 heterocycles. The van der Waals surface area contributed by atoms with E-state index in [2.05, 4.69) is 10.0 Å². The number of benzene rings is 1. The molecule has 5 nitrogen and oxygen atoms in total. The van der Waals surface area contributed by atoms with Gasteiger partial charge in [0.1, 0.15) is 5.82 Å². The van der Waals surface area contributed by atoms with Crippen LogP contribution >= 0.6 is 0 Å². The van der Waals surface area contributed by atoms with Crippen LogP contribution in [0.25, 0.3) is 0 Å². The molecule has 0 aromatic heterocycles. The number of aryl methyl sites for hydroxylation is 1. The molecular weight excluding hydrogens is 271 g/mol. The average Bonchev–Trinajstić information content (AvgIpc) is 2.30. The molecule has 0 radical (unpaired) electrons. The van der Waals surface area contributed by atoms with Crippen LogP contribution in [0.2, 0.25) is 0 Å². The topological polar surface area (TPSA) is 75.3 Å². The van der Waals surface area contributed by atoms with E-state index in [1.165, 1.54) is 6.07 Å². The number of carbonyl (C=O) groups excluding carboxylic acids is 1. The zero-order valence-corrected chi connectivity index (χ0v) is 11.7. The Morgan fingerprint density at radius 3 is 2.63 bits per heavy atom. The smallest absolute Gasteiger partial charge is 0.254 e. The van der Waals surface area contributed by atoms with Gasteiger partial charge < -0.3 is 5.32 Å². The first kappa shape index (κ1) is 15.6. The first-order chi connectivity index (χ1) is 8.81. The van der Waals surface area contributed by atoms with E-state index in [0.717, 1.165) is 6.26 Å². The first-order valence-electron chi connectivity index (χ1n) is 5.79. The van der Waals surface area contributed by atoms with Gasteiger partial charge in [0.25, 0.3) is 5.91 Å². The highest BCUT2D eigenvalue weighted by Crippen LogP contribution is 2.11. The minimum Gasteiger partial charge on any atom is -0.352 e. The molecule has 0 aliphatic heterocycles. The van der Waals surface area contributed by atoms with Gasteiger partial charge in [-0.3, -0.25) is 4.79 Å². The van der Waals surface area contributed by atoms with Gasteiger partial charge in [-0.15, -0.1) is 0 Å². The second-order valence-electron chi connectivity index (χ2n) is 4.21. The maximum atomic E-state index is 13.6. The molecule has 2 N–H and O–H groups in total. The Morgan fingerprint density at radius 1 is 1.32 bits per heavy atom. The van der Waals surface area contributed by atoms with Crippen LogP contribution in [0.15, 0.2) is 18.2 Å². The van der Waals surface area contributed by atoms with Gasteiger partial charge >= 0.3 is 0 Å². The number of hydrogen-bond acceptors (Lipinski definition) is 3. The van der Waals surface area contributed by atoms with Gasteiger partial charge in [0, 0.05) is 13.1 Å². The predicted octanol–water partition coefficient (Wildman–Crippen LogP) is 0.803. The third kappa shape index (κ3) is 5.35. The number of nitrogens with one attached hydrogen (secondary N) is 2. The quantitative estimate of drug-likeness (QED) is 0.760. The standard InChI is InChI=1S/C12H17FN2O3S/c1-9-5-3-6-10(11(9)13)12(16)14-7-4-8-15-19(2,17)18/h3,5-6,15H,4,7-8H2,1-2H3,(H,14,16). The first-order valence-corrected chi connectivity index (χ1v) is 7.68. The predicted molar refractivity (Wildman–Crippen MR) is 70.9 cm³/mol. The molecule has 1 amide bonds. The van der Waals surface area contributed by atoms with Gasteiger partial charge in [0.15, 0.2) is 0 Å². The lowest BCUT2D eigenvalue weighted by atomic mass is 10.1. The van der Waals surface area contributed by atoms with E-state index >= 15 is 0 Å². The van der Waals surface area contributed by atoms with Crippen molar-refractivity contribution in [1.29, 1.82) is 0 Å². The second-order valence-corrected chi connectivity index (χ2v) is 6.05. The third-order valence-corrected chi connectivity index (χ3v) is 3.17. The molecule has 106 valence electrons. The van der Waals surface area contributed by atoms with Crippen LogP contribution in [-0.4, -0.2) is 33.7 Å². The summed E-state index contributed by atoms with van der Waals surface area (Å²) in [6.07, 6.45) is 1.50. The highest BCUT2D eigenvalue weighted by molar-refractivity contribution is 7.88. The fraction of sp³-hybridized carbons (Fsp3) is 0.417. The van der Waals surface area contributed by atoms with E-state index < -0.39 is 21.7 Å². The van der Waals surface area contributed by atoms with Crippen molar-refractivity contribution in [3.05, 3.63) is 35.1 Å². The largest absolute Gasteiger partial charge is 0.352 e. The van der Waals surface area contributed by atoms with Gasteiger partial charge in [-0.25, -0.2) is 17.5 Å². The second kappa shape index (κ2) is 6.63. The van der Waals surface area contributed by atoms with E-state index in [1.807, 2.05) is 0 Å². The molecule has 7 heteroatoms. The van der Waals surface area contributed by atoms with Crippen LogP contribution in [0.1, 0.15) is 22.3 Å². The fourth-order valence-corrected chi connectivity index (χ4v) is 1.98. The Bertz CT molecular complexity index is 558. The van der Waals surface area contributed by atoms with Gasteiger partial charge in [0.2, 0.25) is 10.0 Å².